The van der Waals surface area contributed by atoms with Gasteiger partial charge in [-0.05, 0) is 67.2 Å². The van der Waals surface area contributed by atoms with Crippen molar-refractivity contribution < 1.29 is 4.79 Å². The molecule has 1 unspecified atom stereocenters. The standard InChI is InChI=1S/C11H13NO.C10H12/c12-11(13)10-6-5-8-3-1-2-4-9(8)7-10;1-2-6-10-8-4-3-7-9(10)5-1/h1-4,10H,5-7H2,(H2,12,13);1-2,5-6H,3-4,7-8H2. The number of hydrogen-bond donors (Lipinski definition) is 1. The van der Waals surface area contributed by atoms with Crippen molar-refractivity contribution in [1.82, 2.24) is 0 Å². The molecule has 0 aromatic heterocycles. The van der Waals surface area contributed by atoms with Crippen molar-refractivity contribution in [2.24, 2.45) is 11.7 Å². The minimum absolute atomic E-state index is 0.0508. The highest BCUT2D eigenvalue weighted by atomic mass is 16.1. The van der Waals surface area contributed by atoms with Gasteiger partial charge in [0.25, 0.3) is 0 Å². The summed E-state index contributed by atoms with van der Waals surface area (Å²) in [5, 5.41) is 0. The van der Waals surface area contributed by atoms with E-state index in [2.05, 4.69) is 36.4 Å². The lowest BCUT2D eigenvalue weighted by Gasteiger charge is -2.21. The number of amides is 1. The lowest BCUT2D eigenvalue weighted by molar-refractivity contribution is -0.122. The van der Waals surface area contributed by atoms with Crippen molar-refractivity contribution in [1.29, 1.82) is 0 Å². The molecule has 2 nitrogen and oxygen atoms in total. The van der Waals surface area contributed by atoms with E-state index in [-0.39, 0.29) is 11.8 Å². The highest BCUT2D eigenvalue weighted by Gasteiger charge is 2.21. The van der Waals surface area contributed by atoms with E-state index in [0.29, 0.717) is 0 Å². The average Bonchev–Trinajstić information content (AvgIpc) is 2.62. The van der Waals surface area contributed by atoms with E-state index >= 15 is 0 Å². The van der Waals surface area contributed by atoms with Crippen LogP contribution in [0.1, 0.15) is 41.5 Å². The second-order valence-corrected chi connectivity index (χ2v) is 6.59. The van der Waals surface area contributed by atoms with Crippen LogP contribution >= 0.6 is 0 Å². The largest absolute Gasteiger partial charge is 0.369 e. The molecular weight excluding hydrogens is 282 g/mol. The first-order valence-electron chi connectivity index (χ1n) is 8.67. The molecular formula is C21H25NO. The highest BCUT2D eigenvalue weighted by Crippen LogP contribution is 2.24. The molecule has 2 aliphatic rings. The first-order valence-corrected chi connectivity index (χ1v) is 8.67. The molecule has 2 aromatic rings. The number of fused-ring (bicyclic) bond motifs is 2. The number of carbonyl (C=O) groups excluding carboxylic acids is 1. The van der Waals surface area contributed by atoms with Crippen LogP contribution in [0.5, 0.6) is 0 Å². The minimum Gasteiger partial charge on any atom is -0.369 e. The number of primary amides is 1. The number of nitrogens with two attached hydrogens (primary N) is 1. The van der Waals surface area contributed by atoms with Crippen LogP contribution in [0.15, 0.2) is 48.5 Å². The van der Waals surface area contributed by atoms with Crippen molar-refractivity contribution in [3.8, 4) is 0 Å². The molecule has 23 heavy (non-hydrogen) atoms. The van der Waals surface area contributed by atoms with E-state index < -0.39 is 0 Å². The summed E-state index contributed by atoms with van der Waals surface area (Å²) in [5.41, 5.74) is 11.1. The van der Waals surface area contributed by atoms with Gasteiger partial charge in [0.05, 0.1) is 0 Å². The Hall–Kier alpha value is -2.09. The average molecular weight is 307 g/mol. The molecule has 0 radical (unpaired) electrons. The Morgan fingerprint density at radius 1 is 0.783 bits per heavy atom. The summed E-state index contributed by atoms with van der Waals surface area (Å²) in [6, 6.07) is 17.1. The predicted molar refractivity (Wildman–Crippen MR) is 94.2 cm³/mol. The van der Waals surface area contributed by atoms with Crippen LogP contribution < -0.4 is 5.73 Å². The van der Waals surface area contributed by atoms with Gasteiger partial charge < -0.3 is 5.73 Å². The summed E-state index contributed by atoms with van der Waals surface area (Å²) in [7, 11) is 0. The monoisotopic (exact) mass is 307 g/mol. The van der Waals surface area contributed by atoms with E-state index in [1.165, 1.54) is 36.8 Å². The summed E-state index contributed by atoms with van der Waals surface area (Å²) in [6.07, 6.45) is 8.10. The Kier molecular flexibility index (Phi) is 5.12. The zero-order valence-electron chi connectivity index (χ0n) is 13.6. The van der Waals surface area contributed by atoms with Crippen LogP contribution in [0.4, 0.5) is 0 Å². The molecule has 2 aliphatic carbocycles. The maximum Gasteiger partial charge on any atom is 0.220 e. The minimum atomic E-state index is -0.158. The molecule has 120 valence electrons. The van der Waals surface area contributed by atoms with Gasteiger partial charge in [0.15, 0.2) is 0 Å². The van der Waals surface area contributed by atoms with Crippen LogP contribution in [0.3, 0.4) is 0 Å². The van der Waals surface area contributed by atoms with E-state index in [1.54, 1.807) is 11.1 Å². The van der Waals surface area contributed by atoms with Gasteiger partial charge in [0.2, 0.25) is 5.91 Å². The lowest BCUT2D eigenvalue weighted by atomic mass is 9.84. The Bertz CT molecular complexity index is 652. The van der Waals surface area contributed by atoms with E-state index in [9.17, 15) is 4.79 Å². The van der Waals surface area contributed by atoms with Crippen molar-refractivity contribution >= 4 is 5.91 Å². The first kappa shape index (κ1) is 15.8. The zero-order valence-corrected chi connectivity index (χ0v) is 13.6. The van der Waals surface area contributed by atoms with Crippen LogP contribution in [0.25, 0.3) is 0 Å². The fourth-order valence-corrected chi connectivity index (χ4v) is 3.62. The summed E-state index contributed by atoms with van der Waals surface area (Å²) in [6.45, 7) is 0. The summed E-state index contributed by atoms with van der Waals surface area (Å²) >= 11 is 0. The topological polar surface area (TPSA) is 43.1 Å². The Morgan fingerprint density at radius 2 is 1.26 bits per heavy atom. The molecule has 1 amide bonds. The molecule has 2 N–H and O–H groups in total. The number of aryl methyl sites for hydroxylation is 3. The smallest absolute Gasteiger partial charge is 0.220 e. The lowest BCUT2D eigenvalue weighted by Crippen LogP contribution is -2.28. The molecule has 0 spiro atoms. The third-order valence-corrected chi connectivity index (χ3v) is 5.01. The molecule has 1 atom stereocenters. The SMILES string of the molecule is NC(=O)C1CCc2ccccc2C1.c1ccc2c(c1)CCCC2. The van der Waals surface area contributed by atoms with Crippen LogP contribution in [0, 0.1) is 5.92 Å². The highest BCUT2D eigenvalue weighted by molar-refractivity contribution is 5.77. The molecule has 0 heterocycles. The quantitative estimate of drug-likeness (QED) is 0.854. The molecule has 0 saturated heterocycles. The number of benzene rings is 2. The zero-order chi connectivity index (χ0) is 16.1. The first-order chi connectivity index (χ1) is 11.2. The fraction of sp³-hybridized carbons (Fsp3) is 0.381. The molecule has 2 heteroatoms. The molecule has 2 aromatic carbocycles. The van der Waals surface area contributed by atoms with Crippen molar-refractivity contribution in [2.45, 2.75) is 44.9 Å². The van der Waals surface area contributed by atoms with Crippen LogP contribution in [-0.2, 0) is 30.5 Å². The normalized spacial score (nSPS) is 18.9. The van der Waals surface area contributed by atoms with E-state index in [4.69, 9.17) is 5.73 Å². The maximum absolute atomic E-state index is 11.0. The van der Waals surface area contributed by atoms with Crippen LogP contribution in [-0.4, -0.2) is 5.91 Å². The van der Waals surface area contributed by atoms with E-state index in [0.717, 1.165) is 19.3 Å². The van der Waals surface area contributed by atoms with Gasteiger partial charge in [-0.25, -0.2) is 0 Å². The second kappa shape index (κ2) is 7.45. The molecule has 0 aliphatic heterocycles. The van der Waals surface area contributed by atoms with Gasteiger partial charge in [0, 0.05) is 5.92 Å². The second-order valence-electron chi connectivity index (χ2n) is 6.59. The number of rotatable bonds is 1. The number of hydrogen-bond acceptors (Lipinski definition) is 1. The van der Waals surface area contributed by atoms with Gasteiger partial charge in [-0.15, -0.1) is 0 Å². The summed E-state index contributed by atoms with van der Waals surface area (Å²) in [5.74, 6) is -0.107. The van der Waals surface area contributed by atoms with Gasteiger partial charge >= 0.3 is 0 Å². The van der Waals surface area contributed by atoms with E-state index in [1.807, 2.05) is 12.1 Å². The Balaban J connectivity index is 0.000000140. The third-order valence-electron chi connectivity index (χ3n) is 5.01. The third kappa shape index (κ3) is 4.01. The van der Waals surface area contributed by atoms with Gasteiger partial charge in [0.1, 0.15) is 0 Å². The maximum atomic E-state index is 11.0. The fourth-order valence-electron chi connectivity index (χ4n) is 3.62. The van der Waals surface area contributed by atoms with Crippen molar-refractivity contribution in [3.05, 3.63) is 70.8 Å². The summed E-state index contributed by atoms with van der Waals surface area (Å²) in [4.78, 5) is 11.0. The van der Waals surface area contributed by atoms with Crippen LogP contribution in [0.2, 0.25) is 0 Å². The van der Waals surface area contributed by atoms with Gasteiger partial charge in [-0.3, -0.25) is 4.79 Å². The Labute approximate surface area is 138 Å². The molecule has 0 bridgehead atoms. The van der Waals surface area contributed by atoms with Gasteiger partial charge in [-0.1, -0.05) is 48.5 Å². The van der Waals surface area contributed by atoms with Gasteiger partial charge in [-0.2, -0.15) is 0 Å². The predicted octanol–water partition coefficient (Wildman–Crippen LogP) is 3.84. The molecule has 4 rings (SSSR count). The van der Waals surface area contributed by atoms with Crippen molar-refractivity contribution in [3.63, 3.8) is 0 Å². The summed E-state index contributed by atoms with van der Waals surface area (Å²) < 4.78 is 0. The molecule has 0 saturated carbocycles. The Morgan fingerprint density at radius 3 is 1.78 bits per heavy atom. The number of carbonyl (C=O) groups is 1. The molecule has 0 fully saturated rings. The van der Waals surface area contributed by atoms with Crippen molar-refractivity contribution in [2.75, 3.05) is 0 Å².